The SMILES string of the molecule is CCOc1ccc2[nH]c(C(=O)NN=Cc3ccc(OC(=O)c4ccc(Br)cc4)c(OC)c3)c(-c3ccccc3)c2c1. The van der Waals surface area contributed by atoms with Crippen molar-refractivity contribution in [3.63, 3.8) is 0 Å². The fraction of sp³-hybridized carbons (Fsp3) is 0.0938. The van der Waals surface area contributed by atoms with E-state index in [9.17, 15) is 9.59 Å². The fourth-order valence-corrected chi connectivity index (χ4v) is 4.58. The first-order chi connectivity index (χ1) is 20.0. The number of nitrogens with zero attached hydrogens (tertiary/aromatic N) is 1. The van der Waals surface area contributed by atoms with Crippen molar-refractivity contribution in [3.05, 3.63) is 112 Å². The van der Waals surface area contributed by atoms with Crippen molar-refractivity contribution in [2.24, 2.45) is 5.10 Å². The number of aromatic amines is 1. The van der Waals surface area contributed by atoms with Crippen molar-refractivity contribution in [3.8, 4) is 28.4 Å². The van der Waals surface area contributed by atoms with E-state index >= 15 is 0 Å². The van der Waals surface area contributed by atoms with E-state index in [0.717, 1.165) is 32.3 Å². The van der Waals surface area contributed by atoms with Gasteiger partial charge in [0.1, 0.15) is 11.4 Å². The number of carbonyl (C=O) groups excluding carboxylic acids is 2. The number of aromatic nitrogens is 1. The van der Waals surface area contributed by atoms with Crippen LogP contribution in [0.25, 0.3) is 22.0 Å². The van der Waals surface area contributed by atoms with Gasteiger partial charge in [-0.05, 0) is 78.7 Å². The van der Waals surface area contributed by atoms with Crippen molar-refractivity contribution < 1.29 is 23.8 Å². The number of benzene rings is 4. The lowest BCUT2D eigenvalue weighted by molar-refractivity contribution is 0.0729. The van der Waals surface area contributed by atoms with Gasteiger partial charge >= 0.3 is 5.97 Å². The molecule has 9 heteroatoms. The molecule has 0 saturated heterocycles. The first-order valence-corrected chi connectivity index (χ1v) is 13.6. The van der Waals surface area contributed by atoms with Gasteiger partial charge in [-0.15, -0.1) is 0 Å². The molecule has 0 aliphatic carbocycles. The lowest BCUT2D eigenvalue weighted by atomic mass is 10.0. The summed E-state index contributed by atoms with van der Waals surface area (Å²) >= 11 is 3.35. The van der Waals surface area contributed by atoms with Gasteiger partial charge in [-0.3, -0.25) is 4.79 Å². The zero-order chi connectivity index (χ0) is 28.8. The molecule has 4 aromatic carbocycles. The molecule has 5 rings (SSSR count). The summed E-state index contributed by atoms with van der Waals surface area (Å²) in [4.78, 5) is 29.0. The Balaban J connectivity index is 1.35. The molecule has 1 heterocycles. The Morgan fingerprint density at radius 2 is 1.73 bits per heavy atom. The third kappa shape index (κ3) is 6.31. The number of halogens is 1. The fourth-order valence-electron chi connectivity index (χ4n) is 4.32. The van der Waals surface area contributed by atoms with Crippen LogP contribution in [0.2, 0.25) is 0 Å². The van der Waals surface area contributed by atoms with Gasteiger partial charge in [0.2, 0.25) is 0 Å². The first-order valence-electron chi connectivity index (χ1n) is 12.8. The Morgan fingerprint density at radius 1 is 0.951 bits per heavy atom. The smallest absolute Gasteiger partial charge is 0.343 e. The number of fused-ring (bicyclic) bond motifs is 1. The van der Waals surface area contributed by atoms with Crippen LogP contribution < -0.4 is 19.6 Å². The summed E-state index contributed by atoms with van der Waals surface area (Å²) in [5, 5.41) is 5.02. The summed E-state index contributed by atoms with van der Waals surface area (Å²) in [5.74, 6) is 0.421. The lowest BCUT2D eigenvalue weighted by Crippen LogP contribution is -2.18. The Bertz CT molecular complexity index is 1730. The molecule has 2 N–H and O–H groups in total. The van der Waals surface area contributed by atoms with E-state index in [1.807, 2.05) is 55.5 Å². The minimum absolute atomic E-state index is 0.263. The largest absolute Gasteiger partial charge is 0.494 e. The molecule has 5 aromatic rings. The normalized spacial score (nSPS) is 11.0. The Hall–Kier alpha value is -4.89. The van der Waals surface area contributed by atoms with Crippen LogP contribution in [0.3, 0.4) is 0 Å². The zero-order valence-corrected chi connectivity index (χ0v) is 23.9. The highest BCUT2D eigenvalue weighted by Crippen LogP contribution is 2.35. The van der Waals surface area contributed by atoms with Gasteiger partial charge in [0, 0.05) is 20.9 Å². The minimum Gasteiger partial charge on any atom is -0.494 e. The van der Waals surface area contributed by atoms with E-state index in [1.165, 1.54) is 13.3 Å². The third-order valence-electron chi connectivity index (χ3n) is 6.22. The Kier molecular flexibility index (Phi) is 8.45. The summed E-state index contributed by atoms with van der Waals surface area (Å²) < 4.78 is 17.5. The summed E-state index contributed by atoms with van der Waals surface area (Å²) in [7, 11) is 1.48. The van der Waals surface area contributed by atoms with Crippen LogP contribution in [0.15, 0.2) is 101 Å². The van der Waals surface area contributed by atoms with E-state index in [-0.39, 0.29) is 5.75 Å². The average molecular weight is 612 g/mol. The van der Waals surface area contributed by atoms with Crippen molar-refractivity contribution in [1.82, 2.24) is 10.4 Å². The van der Waals surface area contributed by atoms with Crippen LogP contribution in [0, 0.1) is 0 Å². The number of nitrogens with one attached hydrogen (secondary N) is 2. The summed E-state index contributed by atoms with van der Waals surface area (Å²) in [5.41, 5.74) is 6.48. The molecule has 0 aliphatic heterocycles. The molecule has 0 saturated carbocycles. The second-order valence-corrected chi connectivity index (χ2v) is 9.80. The molecular weight excluding hydrogens is 586 g/mol. The highest BCUT2D eigenvalue weighted by atomic mass is 79.9. The maximum absolute atomic E-state index is 13.3. The van der Waals surface area contributed by atoms with E-state index in [0.29, 0.717) is 29.2 Å². The molecule has 0 aliphatic rings. The van der Waals surface area contributed by atoms with Crippen LogP contribution >= 0.6 is 15.9 Å². The number of ether oxygens (including phenoxy) is 3. The predicted octanol–water partition coefficient (Wildman–Crippen LogP) is 6.99. The molecule has 8 nitrogen and oxygen atoms in total. The maximum atomic E-state index is 13.3. The molecule has 0 bridgehead atoms. The quantitative estimate of drug-likeness (QED) is 0.0809. The van der Waals surface area contributed by atoms with Gasteiger partial charge in [0.05, 0.1) is 25.5 Å². The molecule has 0 unspecified atom stereocenters. The van der Waals surface area contributed by atoms with Gasteiger partial charge in [-0.25, -0.2) is 10.2 Å². The molecule has 1 amide bonds. The predicted molar refractivity (Wildman–Crippen MR) is 162 cm³/mol. The van der Waals surface area contributed by atoms with Crippen LogP contribution in [0.5, 0.6) is 17.2 Å². The Morgan fingerprint density at radius 3 is 2.46 bits per heavy atom. The second kappa shape index (κ2) is 12.5. The maximum Gasteiger partial charge on any atom is 0.343 e. The molecule has 0 fully saturated rings. The number of hydrazone groups is 1. The third-order valence-corrected chi connectivity index (χ3v) is 6.75. The van der Waals surface area contributed by atoms with Crippen molar-refractivity contribution in [2.75, 3.05) is 13.7 Å². The van der Waals surface area contributed by atoms with Crippen molar-refractivity contribution >= 4 is 44.9 Å². The monoisotopic (exact) mass is 611 g/mol. The number of amides is 1. The van der Waals surface area contributed by atoms with Crippen molar-refractivity contribution in [1.29, 1.82) is 0 Å². The standard InChI is InChI=1S/C32H26BrN3O5/c1-3-40-24-14-15-26-25(18-24)29(21-7-5-4-6-8-21)30(35-26)31(37)36-34-19-20-9-16-27(28(17-20)39-2)41-32(38)22-10-12-23(33)13-11-22/h4-19,35H,3H2,1-2H3,(H,36,37). The van der Waals surface area contributed by atoms with Crippen molar-refractivity contribution in [2.45, 2.75) is 6.92 Å². The van der Waals surface area contributed by atoms with Gasteiger partial charge in [0.15, 0.2) is 11.5 Å². The molecule has 0 radical (unpaired) electrons. The first kappa shape index (κ1) is 27.7. The molecular formula is C32H26BrN3O5. The second-order valence-electron chi connectivity index (χ2n) is 8.89. The van der Waals surface area contributed by atoms with E-state index < -0.39 is 11.9 Å². The minimum atomic E-state index is -0.509. The lowest BCUT2D eigenvalue weighted by Gasteiger charge is -2.10. The Labute approximate surface area is 245 Å². The summed E-state index contributed by atoms with van der Waals surface area (Å²) in [6, 6.07) is 27.2. The number of methoxy groups -OCH3 is 1. The van der Waals surface area contributed by atoms with Gasteiger partial charge in [0.25, 0.3) is 5.91 Å². The summed E-state index contributed by atoms with van der Waals surface area (Å²) in [6.45, 7) is 2.47. The topological polar surface area (TPSA) is 102 Å². The van der Waals surface area contributed by atoms with E-state index in [1.54, 1.807) is 42.5 Å². The molecule has 206 valence electrons. The van der Waals surface area contributed by atoms with Crippen LogP contribution in [0.1, 0.15) is 33.3 Å². The van der Waals surface area contributed by atoms with E-state index in [4.69, 9.17) is 14.2 Å². The number of hydrogen-bond donors (Lipinski definition) is 2. The molecule has 41 heavy (non-hydrogen) atoms. The van der Waals surface area contributed by atoms with Gasteiger partial charge in [-0.2, -0.15) is 5.10 Å². The van der Waals surface area contributed by atoms with Crippen LogP contribution in [0.4, 0.5) is 0 Å². The highest BCUT2D eigenvalue weighted by molar-refractivity contribution is 9.10. The van der Waals surface area contributed by atoms with E-state index in [2.05, 4.69) is 31.4 Å². The van der Waals surface area contributed by atoms with Gasteiger partial charge < -0.3 is 19.2 Å². The number of rotatable bonds is 9. The van der Waals surface area contributed by atoms with Gasteiger partial charge in [-0.1, -0.05) is 46.3 Å². The zero-order valence-electron chi connectivity index (χ0n) is 22.3. The molecule has 1 aromatic heterocycles. The highest BCUT2D eigenvalue weighted by Gasteiger charge is 2.20. The number of H-pyrrole nitrogens is 1. The average Bonchev–Trinajstić information content (AvgIpc) is 3.37. The number of esters is 1. The summed E-state index contributed by atoms with van der Waals surface area (Å²) in [6.07, 6.45) is 1.48. The van der Waals surface area contributed by atoms with Crippen LogP contribution in [-0.2, 0) is 0 Å². The molecule has 0 atom stereocenters. The number of hydrogen-bond acceptors (Lipinski definition) is 6. The number of carbonyl (C=O) groups is 2. The van der Waals surface area contributed by atoms with Crippen LogP contribution in [-0.4, -0.2) is 36.8 Å². The molecule has 0 spiro atoms.